The zero-order chi connectivity index (χ0) is 15.8. The third-order valence-corrected chi connectivity index (χ3v) is 8.46. The van der Waals surface area contributed by atoms with Crippen LogP contribution in [-0.4, -0.2) is 22.7 Å². The van der Waals surface area contributed by atoms with Crippen molar-refractivity contribution in [3.8, 4) is 0 Å². The van der Waals surface area contributed by atoms with E-state index in [0.29, 0.717) is 24.7 Å². The van der Waals surface area contributed by atoms with Gasteiger partial charge in [0.25, 0.3) is 0 Å². The third kappa shape index (κ3) is 1.67. The van der Waals surface area contributed by atoms with Crippen LogP contribution < -0.4 is 0 Å². The SMILES string of the molecule is C[C@]12CCC(O)CC1CC[C@@H]1[C@H]2CC[C@]2(C)C(=O)CC[C@@]12F. The molecule has 0 aromatic rings. The van der Waals surface area contributed by atoms with Gasteiger partial charge in [-0.05, 0) is 81.5 Å². The van der Waals surface area contributed by atoms with E-state index in [4.69, 9.17) is 0 Å². The molecule has 0 bridgehead atoms. The van der Waals surface area contributed by atoms with E-state index in [9.17, 15) is 9.90 Å². The lowest BCUT2D eigenvalue weighted by Crippen LogP contribution is -2.60. The molecule has 4 saturated carbocycles. The van der Waals surface area contributed by atoms with Gasteiger partial charge < -0.3 is 5.11 Å². The first kappa shape index (κ1) is 15.1. The molecule has 3 heteroatoms. The molecule has 1 N–H and O–H groups in total. The number of ketones is 1. The second-order valence-electron chi connectivity index (χ2n) is 9.08. The highest BCUT2D eigenvalue weighted by atomic mass is 19.1. The Morgan fingerprint density at radius 3 is 2.59 bits per heavy atom. The van der Waals surface area contributed by atoms with Crippen LogP contribution in [0.3, 0.4) is 0 Å². The molecule has 7 atom stereocenters. The highest BCUT2D eigenvalue weighted by molar-refractivity contribution is 5.88. The highest BCUT2D eigenvalue weighted by Crippen LogP contribution is 2.68. The maximum Gasteiger partial charge on any atom is 0.142 e. The maximum absolute atomic E-state index is 16.1. The topological polar surface area (TPSA) is 37.3 Å². The predicted octanol–water partition coefficient (Wildman–Crippen LogP) is 4.05. The van der Waals surface area contributed by atoms with Gasteiger partial charge in [0.15, 0.2) is 0 Å². The van der Waals surface area contributed by atoms with Gasteiger partial charge in [-0.15, -0.1) is 0 Å². The zero-order valence-electron chi connectivity index (χ0n) is 13.9. The molecule has 4 aliphatic rings. The van der Waals surface area contributed by atoms with Gasteiger partial charge >= 0.3 is 0 Å². The molecular formula is C19H29FO2. The number of hydrogen-bond acceptors (Lipinski definition) is 2. The summed E-state index contributed by atoms with van der Waals surface area (Å²) in [6.07, 6.45) is 7.21. The van der Waals surface area contributed by atoms with E-state index in [1.54, 1.807) is 0 Å². The van der Waals surface area contributed by atoms with Gasteiger partial charge in [-0.1, -0.05) is 6.92 Å². The second-order valence-corrected chi connectivity index (χ2v) is 9.08. The fourth-order valence-corrected chi connectivity index (χ4v) is 6.92. The predicted molar refractivity (Wildman–Crippen MR) is 83.1 cm³/mol. The number of aliphatic hydroxyl groups excluding tert-OH is 1. The zero-order valence-corrected chi connectivity index (χ0v) is 13.9. The third-order valence-electron chi connectivity index (χ3n) is 8.46. The number of alkyl halides is 1. The Morgan fingerprint density at radius 2 is 1.82 bits per heavy atom. The van der Waals surface area contributed by atoms with E-state index < -0.39 is 11.1 Å². The summed E-state index contributed by atoms with van der Waals surface area (Å²) in [5, 5.41) is 10.0. The van der Waals surface area contributed by atoms with Crippen molar-refractivity contribution in [2.75, 3.05) is 0 Å². The van der Waals surface area contributed by atoms with E-state index in [1.807, 2.05) is 6.92 Å². The fourth-order valence-electron chi connectivity index (χ4n) is 6.92. The van der Waals surface area contributed by atoms with Crippen molar-refractivity contribution in [1.82, 2.24) is 0 Å². The molecule has 124 valence electrons. The minimum absolute atomic E-state index is 0.0641. The molecule has 4 aliphatic carbocycles. The van der Waals surface area contributed by atoms with E-state index in [-0.39, 0.29) is 23.2 Å². The summed E-state index contributed by atoms with van der Waals surface area (Å²) in [6.45, 7) is 4.25. The summed E-state index contributed by atoms with van der Waals surface area (Å²) < 4.78 is 16.1. The Kier molecular flexibility index (Phi) is 3.13. The molecule has 0 saturated heterocycles. The van der Waals surface area contributed by atoms with Crippen molar-refractivity contribution in [3.63, 3.8) is 0 Å². The normalized spacial score (nSPS) is 57.9. The molecule has 0 aromatic heterocycles. The Labute approximate surface area is 132 Å². The molecule has 4 fully saturated rings. The minimum Gasteiger partial charge on any atom is -0.393 e. The van der Waals surface area contributed by atoms with Crippen LogP contribution in [0.2, 0.25) is 0 Å². The van der Waals surface area contributed by atoms with Crippen molar-refractivity contribution < 1.29 is 14.3 Å². The number of fused-ring (bicyclic) bond motifs is 5. The van der Waals surface area contributed by atoms with E-state index in [2.05, 4.69) is 6.92 Å². The fraction of sp³-hybridized carbons (Fsp3) is 0.947. The number of carbonyl (C=O) groups is 1. The molecule has 0 aliphatic heterocycles. The Bertz CT molecular complexity index is 506. The van der Waals surface area contributed by atoms with Gasteiger partial charge in [-0.25, -0.2) is 4.39 Å². The number of aliphatic hydroxyl groups is 1. The Balaban J connectivity index is 1.69. The summed E-state index contributed by atoms with van der Waals surface area (Å²) in [6, 6.07) is 0. The molecule has 0 radical (unpaired) electrons. The van der Waals surface area contributed by atoms with Gasteiger partial charge in [-0.3, -0.25) is 4.79 Å². The summed E-state index contributed by atoms with van der Waals surface area (Å²) in [5.41, 5.74) is -1.81. The summed E-state index contributed by atoms with van der Waals surface area (Å²) in [7, 11) is 0. The van der Waals surface area contributed by atoms with Gasteiger partial charge in [0.2, 0.25) is 0 Å². The molecule has 0 amide bonds. The second kappa shape index (κ2) is 4.55. The molecule has 0 spiro atoms. The van der Waals surface area contributed by atoms with Crippen LogP contribution in [0.15, 0.2) is 0 Å². The van der Waals surface area contributed by atoms with E-state index in [1.165, 1.54) is 0 Å². The van der Waals surface area contributed by atoms with Crippen molar-refractivity contribution >= 4 is 5.78 Å². The van der Waals surface area contributed by atoms with Crippen LogP contribution in [-0.2, 0) is 4.79 Å². The van der Waals surface area contributed by atoms with Crippen LogP contribution >= 0.6 is 0 Å². The highest BCUT2D eigenvalue weighted by Gasteiger charge is 2.68. The first-order chi connectivity index (χ1) is 10.3. The number of carbonyl (C=O) groups excluding carboxylic acids is 1. The molecule has 4 rings (SSSR count). The van der Waals surface area contributed by atoms with E-state index in [0.717, 1.165) is 44.9 Å². The largest absolute Gasteiger partial charge is 0.393 e. The standard InChI is InChI=1S/C19H29FO2/c1-17-8-5-13(21)11-12(17)3-4-15-14(17)6-9-18(2)16(22)7-10-19(15,18)20/h12-15,21H,3-11H2,1-2H3/t12?,13?,14-,15-,17+,18-,19-/m1/s1. The lowest BCUT2D eigenvalue weighted by molar-refractivity contribution is -0.174. The lowest BCUT2D eigenvalue weighted by Gasteiger charge is -2.61. The van der Waals surface area contributed by atoms with Crippen molar-refractivity contribution in [2.24, 2.45) is 28.6 Å². The number of rotatable bonds is 0. The van der Waals surface area contributed by atoms with Crippen LogP contribution in [0.5, 0.6) is 0 Å². The Hall–Kier alpha value is -0.440. The summed E-state index contributed by atoms with van der Waals surface area (Å²) in [4.78, 5) is 12.3. The van der Waals surface area contributed by atoms with E-state index >= 15 is 4.39 Å². The average molecular weight is 308 g/mol. The number of halogens is 1. The quantitative estimate of drug-likeness (QED) is 0.733. The molecule has 2 nitrogen and oxygen atoms in total. The molecular weight excluding hydrogens is 279 g/mol. The number of Topliss-reactive ketones (excluding diaryl/α,β-unsaturated/α-hetero) is 1. The average Bonchev–Trinajstić information content (AvgIpc) is 2.72. The van der Waals surface area contributed by atoms with Crippen LogP contribution in [0, 0.1) is 28.6 Å². The molecule has 2 unspecified atom stereocenters. The molecule has 0 heterocycles. The molecule has 22 heavy (non-hydrogen) atoms. The number of hydrogen-bond donors (Lipinski definition) is 1. The van der Waals surface area contributed by atoms with Crippen LogP contribution in [0.25, 0.3) is 0 Å². The monoisotopic (exact) mass is 308 g/mol. The van der Waals surface area contributed by atoms with Crippen LogP contribution in [0.4, 0.5) is 4.39 Å². The lowest BCUT2D eigenvalue weighted by atomic mass is 9.44. The van der Waals surface area contributed by atoms with Crippen molar-refractivity contribution in [2.45, 2.75) is 83.4 Å². The Morgan fingerprint density at radius 1 is 1.05 bits per heavy atom. The van der Waals surface area contributed by atoms with Gasteiger partial charge in [0.1, 0.15) is 11.5 Å². The maximum atomic E-state index is 16.1. The van der Waals surface area contributed by atoms with Gasteiger partial charge in [0.05, 0.1) is 11.5 Å². The van der Waals surface area contributed by atoms with Gasteiger partial charge in [0, 0.05) is 6.42 Å². The van der Waals surface area contributed by atoms with Gasteiger partial charge in [-0.2, -0.15) is 0 Å². The summed E-state index contributed by atoms with van der Waals surface area (Å²) >= 11 is 0. The molecule has 0 aromatic carbocycles. The van der Waals surface area contributed by atoms with Crippen LogP contribution in [0.1, 0.15) is 71.6 Å². The minimum atomic E-state index is -1.27. The summed E-state index contributed by atoms with van der Waals surface area (Å²) in [5.74, 6) is 1.18. The van der Waals surface area contributed by atoms with Crippen molar-refractivity contribution in [3.05, 3.63) is 0 Å². The smallest absolute Gasteiger partial charge is 0.142 e. The van der Waals surface area contributed by atoms with Crippen molar-refractivity contribution in [1.29, 1.82) is 0 Å². The first-order valence-corrected chi connectivity index (χ1v) is 9.21. The first-order valence-electron chi connectivity index (χ1n) is 9.21.